The maximum atomic E-state index is 5.29. The summed E-state index contributed by atoms with van der Waals surface area (Å²) in [5.41, 5.74) is 4.11. The summed E-state index contributed by atoms with van der Waals surface area (Å²) in [5.74, 6) is 2.62. The first-order valence-electron chi connectivity index (χ1n) is 8.76. The van der Waals surface area contributed by atoms with Crippen molar-refractivity contribution in [2.75, 3.05) is 10.6 Å². The number of benzene rings is 1. The van der Waals surface area contributed by atoms with E-state index in [1.165, 1.54) is 5.56 Å². The summed E-state index contributed by atoms with van der Waals surface area (Å²) in [6.45, 7) is 6.12. The van der Waals surface area contributed by atoms with Crippen LogP contribution in [0.5, 0.6) is 0 Å². The van der Waals surface area contributed by atoms with E-state index in [4.69, 9.17) is 6.42 Å². The Morgan fingerprint density at radius 3 is 2.85 bits per heavy atom. The molecule has 3 rings (SSSR count). The van der Waals surface area contributed by atoms with Gasteiger partial charge in [0.1, 0.15) is 0 Å². The molecule has 1 atom stereocenters. The number of terminal acetylenes is 1. The molecule has 0 aliphatic rings. The molecule has 2 aromatic heterocycles. The van der Waals surface area contributed by atoms with Crippen LogP contribution >= 0.6 is 11.3 Å². The van der Waals surface area contributed by atoms with Crippen LogP contribution in [0.1, 0.15) is 31.4 Å². The van der Waals surface area contributed by atoms with Crippen LogP contribution in [-0.4, -0.2) is 9.97 Å². The topological polar surface area (TPSA) is 49.8 Å². The Kier molecular flexibility index (Phi) is 6.24. The highest BCUT2D eigenvalue weighted by Crippen LogP contribution is 2.31. The van der Waals surface area contributed by atoms with Gasteiger partial charge in [-0.1, -0.05) is 48.2 Å². The Hall–Kier alpha value is -3.10. The number of pyridine rings is 1. The van der Waals surface area contributed by atoms with Crippen LogP contribution in [0.3, 0.4) is 0 Å². The van der Waals surface area contributed by atoms with Crippen molar-refractivity contribution >= 4 is 22.2 Å². The van der Waals surface area contributed by atoms with E-state index in [2.05, 4.69) is 58.2 Å². The van der Waals surface area contributed by atoms with E-state index in [1.807, 2.05) is 36.8 Å². The summed E-state index contributed by atoms with van der Waals surface area (Å²) in [5, 5.41) is 7.53. The van der Waals surface area contributed by atoms with E-state index in [1.54, 1.807) is 11.3 Å². The number of rotatable bonds is 8. The molecule has 1 aromatic carbocycles. The minimum atomic E-state index is 0.196. The number of allylic oxidation sites excluding steroid dienone is 1. The fraction of sp³-hybridized carbons (Fsp3) is 0.182. The van der Waals surface area contributed by atoms with Gasteiger partial charge in [-0.3, -0.25) is 4.98 Å². The molecule has 4 nitrogen and oxygen atoms in total. The number of thiazole rings is 1. The highest BCUT2D eigenvalue weighted by molar-refractivity contribution is 7.18. The lowest BCUT2D eigenvalue weighted by atomic mass is 10.1. The van der Waals surface area contributed by atoms with Crippen molar-refractivity contribution in [2.45, 2.75) is 25.8 Å². The highest BCUT2D eigenvalue weighted by atomic mass is 32.1. The Balaban J connectivity index is 1.69. The number of nitrogens with one attached hydrogen (secondary N) is 2. The number of aromatic nitrogens is 2. The van der Waals surface area contributed by atoms with Gasteiger partial charge in [-0.15, -0.1) is 12.3 Å². The van der Waals surface area contributed by atoms with Crippen molar-refractivity contribution < 1.29 is 0 Å². The number of nitrogens with zero attached hydrogens (tertiary/aromatic N) is 2. The summed E-state index contributed by atoms with van der Waals surface area (Å²) in [6, 6.07) is 12.6. The number of hydrogen-bond acceptors (Lipinski definition) is 5. The standard InChI is InChI=1S/C22H22N4S/c1-4-5-9-16(2)25-22-24-15-21(27-22)19-12-20(14-23-13-19)26-17(3)18-10-7-6-8-11-18/h1,6-8,10-15,17,26H,2,5,9H2,3H3,(H,24,25)/t17-/m0/s1. The van der Waals surface area contributed by atoms with Crippen LogP contribution in [0.25, 0.3) is 10.4 Å². The van der Waals surface area contributed by atoms with Crippen LogP contribution in [0, 0.1) is 12.3 Å². The number of anilines is 2. The zero-order valence-electron chi connectivity index (χ0n) is 15.3. The maximum absolute atomic E-state index is 5.29. The Labute approximate surface area is 164 Å². The van der Waals surface area contributed by atoms with Gasteiger partial charge in [0, 0.05) is 42.3 Å². The average molecular weight is 375 g/mol. The van der Waals surface area contributed by atoms with E-state index in [0.717, 1.165) is 33.4 Å². The Morgan fingerprint density at radius 1 is 1.26 bits per heavy atom. The molecule has 0 radical (unpaired) electrons. The lowest BCUT2D eigenvalue weighted by molar-refractivity contribution is 0.883. The third-order valence-corrected chi connectivity index (χ3v) is 5.03. The molecule has 0 spiro atoms. The molecular formula is C22H22N4S. The van der Waals surface area contributed by atoms with Gasteiger partial charge in [-0.2, -0.15) is 0 Å². The van der Waals surface area contributed by atoms with Gasteiger partial charge in [0.05, 0.1) is 10.6 Å². The second-order valence-electron chi connectivity index (χ2n) is 6.20. The molecule has 5 heteroatoms. The SMILES string of the molecule is C#CCCC(=C)Nc1ncc(-c2cncc(N[C@@H](C)c3ccccc3)c2)s1. The van der Waals surface area contributed by atoms with Crippen molar-refractivity contribution in [3.05, 3.63) is 72.8 Å². The molecule has 0 unspecified atom stereocenters. The van der Waals surface area contributed by atoms with E-state index >= 15 is 0 Å². The van der Waals surface area contributed by atoms with Crippen LogP contribution in [0.2, 0.25) is 0 Å². The summed E-state index contributed by atoms with van der Waals surface area (Å²) in [7, 11) is 0. The predicted octanol–water partition coefficient (Wildman–Crippen LogP) is 5.72. The lowest BCUT2D eigenvalue weighted by Crippen LogP contribution is -2.06. The lowest BCUT2D eigenvalue weighted by Gasteiger charge is -2.15. The first-order chi connectivity index (χ1) is 13.2. The second-order valence-corrected chi connectivity index (χ2v) is 7.23. The molecule has 0 saturated carbocycles. The van der Waals surface area contributed by atoms with Gasteiger partial charge in [-0.05, 0) is 25.0 Å². The van der Waals surface area contributed by atoms with Crippen LogP contribution in [-0.2, 0) is 0 Å². The molecular weight excluding hydrogens is 352 g/mol. The number of hydrogen-bond donors (Lipinski definition) is 2. The van der Waals surface area contributed by atoms with E-state index < -0.39 is 0 Å². The average Bonchev–Trinajstić information content (AvgIpc) is 3.15. The fourth-order valence-corrected chi connectivity index (χ4v) is 3.47. The normalized spacial score (nSPS) is 11.4. The summed E-state index contributed by atoms with van der Waals surface area (Å²) >= 11 is 1.57. The van der Waals surface area contributed by atoms with Crippen LogP contribution in [0.15, 0.2) is 67.3 Å². The molecule has 2 N–H and O–H groups in total. The van der Waals surface area contributed by atoms with Gasteiger partial charge >= 0.3 is 0 Å². The Morgan fingerprint density at radius 2 is 2.07 bits per heavy atom. The van der Waals surface area contributed by atoms with Crippen molar-refractivity contribution in [3.8, 4) is 22.8 Å². The molecule has 0 amide bonds. The van der Waals surface area contributed by atoms with Gasteiger partial charge in [0.15, 0.2) is 5.13 Å². The molecule has 0 aliphatic carbocycles. The van der Waals surface area contributed by atoms with Crippen molar-refractivity contribution in [1.82, 2.24) is 9.97 Å². The van der Waals surface area contributed by atoms with Gasteiger partial charge in [-0.25, -0.2) is 4.98 Å². The fourth-order valence-electron chi connectivity index (χ4n) is 2.63. The minimum absolute atomic E-state index is 0.196. The van der Waals surface area contributed by atoms with E-state index in [9.17, 15) is 0 Å². The minimum Gasteiger partial charge on any atom is -0.377 e. The zero-order valence-corrected chi connectivity index (χ0v) is 16.1. The van der Waals surface area contributed by atoms with Gasteiger partial charge in [0.2, 0.25) is 0 Å². The van der Waals surface area contributed by atoms with E-state index in [0.29, 0.717) is 6.42 Å². The van der Waals surface area contributed by atoms with Crippen molar-refractivity contribution in [3.63, 3.8) is 0 Å². The molecule has 27 heavy (non-hydrogen) atoms. The summed E-state index contributed by atoms with van der Waals surface area (Å²) in [4.78, 5) is 9.85. The second kappa shape index (κ2) is 9.02. The maximum Gasteiger partial charge on any atom is 0.187 e. The van der Waals surface area contributed by atoms with Gasteiger partial charge < -0.3 is 10.6 Å². The quantitative estimate of drug-likeness (QED) is 0.495. The monoisotopic (exact) mass is 374 g/mol. The molecule has 2 heterocycles. The molecule has 0 saturated heterocycles. The van der Waals surface area contributed by atoms with Crippen molar-refractivity contribution in [1.29, 1.82) is 0 Å². The first kappa shape index (κ1) is 18.7. The van der Waals surface area contributed by atoms with E-state index in [-0.39, 0.29) is 6.04 Å². The third kappa shape index (κ3) is 5.19. The van der Waals surface area contributed by atoms with Crippen LogP contribution in [0.4, 0.5) is 10.8 Å². The van der Waals surface area contributed by atoms with Crippen molar-refractivity contribution in [2.24, 2.45) is 0 Å². The Bertz CT molecular complexity index is 940. The highest BCUT2D eigenvalue weighted by Gasteiger charge is 2.09. The molecule has 0 bridgehead atoms. The largest absolute Gasteiger partial charge is 0.377 e. The third-order valence-electron chi connectivity index (χ3n) is 4.07. The smallest absolute Gasteiger partial charge is 0.187 e. The molecule has 0 fully saturated rings. The predicted molar refractivity (Wildman–Crippen MR) is 115 cm³/mol. The first-order valence-corrected chi connectivity index (χ1v) is 9.58. The van der Waals surface area contributed by atoms with Crippen LogP contribution < -0.4 is 10.6 Å². The molecule has 0 aliphatic heterocycles. The summed E-state index contributed by atoms with van der Waals surface area (Å²) < 4.78 is 0. The zero-order chi connectivity index (χ0) is 19.1. The summed E-state index contributed by atoms with van der Waals surface area (Å²) in [6.07, 6.45) is 12.2. The molecule has 136 valence electrons. The van der Waals surface area contributed by atoms with Gasteiger partial charge in [0.25, 0.3) is 0 Å². The molecule has 3 aromatic rings.